The molecule has 0 radical (unpaired) electrons. The summed E-state index contributed by atoms with van der Waals surface area (Å²) in [6.45, 7) is 10.7. The van der Waals surface area contributed by atoms with E-state index in [0.717, 1.165) is 0 Å². The summed E-state index contributed by atoms with van der Waals surface area (Å²) >= 11 is 5.91. The lowest BCUT2D eigenvalue weighted by Crippen LogP contribution is -2.55. The second-order valence-corrected chi connectivity index (χ2v) is 7.28. The van der Waals surface area contributed by atoms with Crippen LogP contribution < -0.4 is 5.32 Å². The van der Waals surface area contributed by atoms with E-state index in [-0.39, 0.29) is 23.5 Å². The van der Waals surface area contributed by atoms with Crippen molar-refractivity contribution in [2.24, 2.45) is 17.3 Å². The summed E-state index contributed by atoms with van der Waals surface area (Å²) in [7, 11) is 0. The zero-order valence-corrected chi connectivity index (χ0v) is 15.2. The average molecular weight is 350 g/mol. The van der Waals surface area contributed by atoms with Gasteiger partial charge in [-0.25, -0.2) is 0 Å². The van der Waals surface area contributed by atoms with Gasteiger partial charge in [0.25, 0.3) is 5.91 Å². The SMILES string of the molecule is C=C(CC(C)C1(C(=O)C(C)C)COC1)NC(=O)c1cccc(Cl)c1. The fourth-order valence-corrected chi connectivity index (χ4v) is 3.24. The van der Waals surface area contributed by atoms with Crippen LogP contribution in [0.1, 0.15) is 37.6 Å². The zero-order chi connectivity index (χ0) is 17.9. The first-order valence-corrected chi connectivity index (χ1v) is 8.51. The van der Waals surface area contributed by atoms with E-state index in [1.807, 2.05) is 20.8 Å². The summed E-state index contributed by atoms with van der Waals surface area (Å²) in [5.41, 5.74) is 0.615. The Bertz CT molecular complexity index is 650. The van der Waals surface area contributed by atoms with Crippen LogP contribution in [0.15, 0.2) is 36.5 Å². The molecule has 1 amide bonds. The molecule has 1 fully saturated rings. The van der Waals surface area contributed by atoms with Gasteiger partial charge in [0.1, 0.15) is 5.78 Å². The Labute approximate surface area is 148 Å². The van der Waals surface area contributed by atoms with Gasteiger partial charge in [-0.3, -0.25) is 9.59 Å². The minimum absolute atomic E-state index is 0.0364. The largest absolute Gasteiger partial charge is 0.379 e. The first kappa shape index (κ1) is 18.7. The van der Waals surface area contributed by atoms with E-state index >= 15 is 0 Å². The van der Waals surface area contributed by atoms with Crippen LogP contribution in [0, 0.1) is 17.3 Å². The average Bonchev–Trinajstić information content (AvgIpc) is 2.45. The smallest absolute Gasteiger partial charge is 0.255 e. The first-order chi connectivity index (χ1) is 11.3. The Kier molecular flexibility index (Phi) is 5.83. The molecule has 5 heteroatoms. The molecule has 24 heavy (non-hydrogen) atoms. The molecule has 1 atom stereocenters. The first-order valence-electron chi connectivity index (χ1n) is 8.13. The molecule has 130 valence electrons. The highest BCUT2D eigenvalue weighted by atomic mass is 35.5. The molecule has 1 aliphatic rings. The van der Waals surface area contributed by atoms with E-state index in [9.17, 15) is 9.59 Å². The number of Topliss-reactive ketones (excluding diaryl/α,β-unsaturated/α-hetero) is 1. The molecule has 0 aliphatic carbocycles. The third-order valence-electron chi connectivity index (χ3n) is 4.61. The topological polar surface area (TPSA) is 55.4 Å². The highest BCUT2D eigenvalue weighted by molar-refractivity contribution is 6.30. The number of rotatable bonds is 7. The molecular formula is C19H24ClNO3. The summed E-state index contributed by atoms with van der Waals surface area (Å²) in [5, 5.41) is 3.31. The van der Waals surface area contributed by atoms with Crippen molar-refractivity contribution >= 4 is 23.3 Å². The van der Waals surface area contributed by atoms with E-state index in [0.29, 0.717) is 35.9 Å². The van der Waals surface area contributed by atoms with Crippen LogP contribution in [0.3, 0.4) is 0 Å². The normalized spacial score (nSPS) is 17.0. The number of allylic oxidation sites excluding steroid dienone is 1. The van der Waals surface area contributed by atoms with E-state index in [1.165, 1.54) is 0 Å². The molecule has 1 aliphatic heterocycles. The van der Waals surface area contributed by atoms with Gasteiger partial charge in [-0.2, -0.15) is 0 Å². The lowest BCUT2D eigenvalue weighted by molar-refractivity contribution is -0.174. The molecule has 1 saturated heterocycles. The van der Waals surface area contributed by atoms with Gasteiger partial charge < -0.3 is 10.1 Å². The zero-order valence-electron chi connectivity index (χ0n) is 14.4. The van der Waals surface area contributed by atoms with Crippen molar-refractivity contribution in [2.75, 3.05) is 13.2 Å². The second-order valence-electron chi connectivity index (χ2n) is 6.84. The molecule has 4 nitrogen and oxygen atoms in total. The van der Waals surface area contributed by atoms with Crippen LogP contribution in [0.2, 0.25) is 5.02 Å². The van der Waals surface area contributed by atoms with Crippen LogP contribution in [-0.2, 0) is 9.53 Å². The van der Waals surface area contributed by atoms with Crippen molar-refractivity contribution in [1.82, 2.24) is 5.32 Å². The maximum absolute atomic E-state index is 12.5. The van der Waals surface area contributed by atoms with Crippen LogP contribution in [0.4, 0.5) is 0 Å². The van der Waals surface area contributed by atoms with E-state index < -0.39 is 5.41 Å². The van der Waals surface area contributed by atoms with Gasteiger partial charge in [0.05, 0.1) is 18.6 Å². The Hall–Kier alpha value is -1.65. The van der Waals surface area contributed by atoms with E-state index in [2.05, 4.69) is 11.9 Å². The molecule has 1 heterocycles. The highest BCUT2D eigenvalue weighted by Crippen LogP contribution is 2.41. The van der Waals surface area contributed by atoms with Crippen molar-refractivity contribution in [3.63, 3.8) is 0 Å². The van der Waals surface area contributed by atoms with Gasteiger partial charge in [0.2, 0.25) is 0 Å². The molecule has 0 saturated carbocycles. The number of amides is 1. The summed E-state index contributed by atoms with van der Waals surface area (Å²) in [5.74, 6) is -0.0157. The third-order valence-corrected chi connectivity index (χ3v) is 4.84. The number of carbonyl (C=O) groups excluding carboxylic acids is 2. The van der Waals surface area contributed by atoms with Crippen molar-refractivity contribution < 1.29 is 14.3 Å². The molecule has 1 N–H and O–H groups in total. The predicted octanol–water partition coefficient (Wildman–Crippen LogP) is 3.85. The molecule has 1 aromatic carbocycles. The van der Waals surface area contributed by atoms with E-state index in [1.54, 1.807) is 24.3 Å². The molecule has 0 spiro atoms. The molecule has 1 aromatic rings. The molecule has 0 aromatic heterocycles. The number of halogens is 1. The number of benzene rings is 1. The van der Waals surface area contributed by atoms with Gasteiger partial charge in [0, 0.05) is 22.2 Å². The number of ketones is 1. The summed E-state index contributed by atoms with van der Waals surface area (Å²) < 4.78 is 5.32. The summed E-state index contributed by atoms with van der Waals surface area (Å²) in [6.07, 6.45) is 0.536. The Morgan fingerprint density at radius 3 is 2.50 bits per heavy atom. The van der Waals surface area contributed by atoms with Crippen molar-refractivity contribution in [1.29, 1.82) is 0 Å². The Morgan fingerprint density at radius 1 is 1.33 bits per heavy atom. The van der Waals surface area contributed by atoms with Gasteiger partial charge >= 0.3 is 0 Å². The Morgan fingerprint density at radius 2 is 2.00 bits per heavy atom. The quantitative estimate of drug-likeness (QED) is 0.813. The van der Waals surface area contributed by atoms with Crippen molar-refractivity contribution in [2.45, 2.75) is 27.2 Å². The maximum atomic E-state index is 12.5. The van der Waals surface area contributed by atoms with Crippen molar-refractivity contribution in [3.8, 4) is 0 Å². The lowest BCUT2D eigenvalue weighted by atomic mass is 9.67. The minimum atomic E-state index is -0.460. The van der Waals surface area contributed by atoms with Gasteiger partial charge in [-0.05, 0) is 30.5 Å². The number of carbonyl (C=O) groups is 2. The second kappa shape index (κ2) is 7.49. The number of hydrogen-bond donors (Lipinski definition) is 1. The fourth-order valence-electron chi connectivity index (χ4n) is 3.04. The fraction of sp³-hybridized carbons (Fsp3) is 0.474. The summed E-state index contributed by atoms with van der Waals surface area (Å²) in [6, 6.07) is 6.75. The standard InChI is InChI=1S/C19H24ClNO3/c1-12(2)17(22)19(10-24-11-19)13(3)8-14(4)21-18(23)15-6-5-7-16(20)9-15/h5-7,9,12-13H,4,8,10-11H2,1-3H3,(H,21,23). The van der Waals surface area contributed by atoms with Gasteiger partial charge in [-0.15, -0.1) is 0 Å². The maximum Gasteiger partial charge on any atom is 0.255 e. The number of ether oxygens (including phenoxy) is 1. The van der Waals surface area contributed by atoms with Gasteiger partial charge in [-0.1, -0.05) is 45.0 Å². The van der Waals surface area contributed by atoms with Crippen LogP contribution in [0.5, 0.6) is 0 Å². The molecule has 1 unspecified atom stereocenters. The molecule has 2 rings (SSSR count). The van der Waals surface area contributed by atoms with E-state index in [4.69, 9.17) is 16.3 Å². The predicted molar refractivity (Wildman–Crippen MR) is 94.9 cm³/mol. The summed E-state index contributed by atoms with van der Waals surface area (Å²) in [4.78, 5) is 24.8. The van der Waals surface area contributed by atoms with Crippen LogP contribution in [-0.4, -0.2) is 24.9 Å². The minimum Gasteiger partial charge on any atom is -0.379 e. The van der Waals surface area contributed by atoms with Gasteiger partial charge in [0.15, 0.2) is 0 Å². The van der Waals surface area contributed by atoms with Crippen molar-refractivity contribution in [3.05, 3.63) is 47.1 Å². The highest BCUT2D eigenvalue weighted by Gasteiger charge is 2.50. The van der Waals surface area contributed by atoms with Crippen LogP contribution in [0.25, 0.3) is 0 Å². The number of nitrogens with one attached hydrogen (secondary N) is 1. The van der Waals surface area contributed by atoms with Crippen LogP contribution >= 0.6 is 11.6 Å². The Balaban J connectivity index is 1.99. The molecular weight excluding hydrogens is 326 g/mol. The lowest BCUT2D eigenvalue weighted by Gasteiger charge is -2.45. The molecule has 0 bridgehead atoms. The number of hydrogen-bond acceptors (Lipinski definition) is 3. The monoisotopic (exact) mass is 349 g/mol. The third kappa shape index (κ3) is 3.87.